The maximum Gasteiger partial charge on any atom is 0.254 e. The van der Waals surface area contributed by atoms with Crippen LogP contribution in [0.5, 0.6) is 0 Å². The number of hydrogen-bond acceptors (Lipinski definition) is 3. The predicted octanol–water partition coefficient (Wildman–Crippen LogP) is 1.84. The number of hydrogen-bond donors (Lipinski definition) is 1. The Morgan fingerprint density at radius 2 is 1.88 bits per heavy atom. The van der Waals surface area contributed by atoms with Gasteiger partial charge in [0.05, 0.1) is 6.04 Å². The van der Waals surface area contributed by atoms with Gasteiger partial charge in [-0.1, -0.05) is 24.3 Å². The molecule has 1 atom stereocenters. The number of anilines is 1. The van der Waals surface area contributed by atoms with Crippen molar-refractivity contribution in [3.8, 4) is 0 Å². The Morgan fingerprint density at radius 1 is 1.12 bits per heavy atom. The van der Waals surface area contributed by atoms with Gasteiger partial charge in [-0.2, -0.15) is 0 Å². The zero-order valence-electron chi connectivity index (χ0n) is 14.2. The molecule has 0 saturated carbocycles. The van der Waals surface area contributed by atoms with Gasteiger partial charge in [-0.05, 0) is 41.8 Å². The number of benzene rings is 2. The van der Waals surface area contributed by atoms with E-state index in [2.05, 4.69) is 11.4 Å². The summed E-state index contributed by atoms with van der Waals surface area (Å²) in [6, 6.07) is 14.7. The number of carbonyl (C=O) groups excluding carboxylic acids is 3. The summed E-state index contributed by atoms with van der Waals surface area (Å²) in [4.78, 5) is 39.5. The van der Waals surface area contributed by atoms with Gasteiger partial charge in [-0.3, -0.25) is 14.4 Å². The van der Waals surface area contributed by atoms with E-state index in [4.69, 9.17) is 0 Å². The third-order valence-electron chi connectivity index (χ3n) is 5.10. The minimum atomic E-state index is -0.168. The maximum absolute atomic E-state index is 12.9. The predicted molar refractivity (Wildman–Crippen MR) is 96.6 cm³/mol. The zero-order chi connectivity index (χ0) is 18.1. The molecule has 0 aromatic heterocycles. The minimum Gasteiger partial charge on any atom is -0.332 e. The highest BCUT2D eigenvalue weighted by Gasteiger charge is 2.38. The van der Waals surface area contributed by atoms with Gasteiger partial charge in [0, 0.05) is 24.3 Å². The fourth-order valence-electron chi connectivity index (χ4n) is 3.79. The Hall–Kier alpha value is -3.15. The normalized spacial score (nSPS) is 18.8. The van der Waals surface area contributed by atoms with Crippen LogP contribution in [0.3, 0.4) is 0 Å². The topological polar surface area (TPSA) is 69.7 Å². The Kier molecular flexibility index (Phi) is 4.16. The number of fused-ring (bicyclic) bond motifs is 3. The number of nitrogens with zero attached hydrogens (tertiary/aromatic N) is 2. The molecule has 2 aliphatic heterocycles. The van der Waals surface area contributed by atoms with Gasteiger partial charge in [0.15, 0.2) is 0 Å². The third-order valence-corrected chi connectivity index (χ3v) is 5.10. The van der Waals surface area contributed by atoms with Crippen molar-refractivity contribution >= 4 is 23.9 Å². The van der Waals surface area contributed by atoms with Gasteiger partial charge in [0.25, 0.3) is 5.91 Å². The first-order valence-corrected chi connectivity index (χ1v) is 8.64. The quantitative estimate of drug-likeness (QED) is 0.860. The van der Waals surface area contributed by atoms with Crippen molar-refractivity contribution in [2.75, 3.05) is 25.0 Å². The van der Waals surface area contributed by atoms with Crippen LogP contribution in [0.1, 0.15) is 27.5 Å². The number of rotatable bonds is 3. The Labute approximate surface area is 151 Å². The summed E-state index contributed by atoms with van der Waals surface area (Å²) in [5, 5.41) is 2.54. The van der Waals surface area contributed by atoms with E-state index >= 15 is 0 Å². The standard InChI is InChI=1S/C20H19N3O3/c24-13-21-16-7-5-15(6-8-16)20(26)22-11-18-17-4-2-1-3-14(17)9-10-23(18)19(25)12-22/h1-8,13,18H,9-12H2,(H,21,24). The molecule has 0 bridgehead atoms. The van der Waals surface area contributed by atoms with Gasteiger partial charge in [0.1, 0.15) is 6.54 Å². The van der Waals surface area contributed by atoms with E-state index in [1.54, 1.807) is 29.2 Å². The Bertz CT molecular complexity index is 863. The van der Waals surface area contributed by atoms with E-state index in [0.29, 0.717) is 30.8 Å². The number of piperazine rings is 1. The fraction of sp³-hybridized carbons (Fsp3) is 0.250. The summed E-state index contributed by atoms with van der Waals surface area (Å²) >= 11 is 0. The Morgan fingerprint density at radius 3 is 2.65 bits per heavy atom. The third kappa shape index (κ3) is 2.83. The van der Waals surface area contributed by atoms with E-state index in [1.165, 1.54) is 5.56 Å². The molecule has 1 unspecified atom stereocenters. The SMILES string of the molecule is O=CNc1ccc(C(=O)N2CC(=O)N3CCc4ccccc4C3C2)cc1. The lowest BCUT2D eigenvalue weighted by molar-refractivity contribution is -0.139. The number of amides is 3. The molecule has 0 aliphatic carbocycles. The van der Waals surface area contributed by atoms with Gasteiger partial charge >= 0.3 is 0 Å². The van der Waals surface area contributed by atoms with Crippen LogP contribution in [0.15, 0.2) is 48.5 Å². The molecule has 2 aliphatic rings. The monoisotopic (exact) mass is 349 g/mol. The van der Waals surface area contributed by atoms with Crippen molar-refractivity contribution in [2.45, 2.75) is 12.5 Å². The first kappa shape index (κ1) is 16.3. The summed E-state index contributed by atoms with van der Waals surface area (Å²) in [7, 11) is 0. The molecule has 1 fully saturated rings. The van der Waals surface area contributed by atoms with Crippen LogP contribution in [0.2, 0.25) is 0 Å². The van der Waals surface area contributed by atoms with Gasteiger partial charge in [0.2, 0.25) is 12.3 Å². The van der Waals surface area contributed by atoms with Crippen molar-refractivity contribution < 1.29 is 14.4 Å². The largest absolute Gasteiger partial charge is 0.332 e. The summed E-state index contributed by atoms with van der Waals surface area (Å²) in [5.74, 6) is -0.179. The van der Waals surface area contributed by atoms with Crippen molar-refractivity contribution in [3.05, 3.63) is 65.2 Å². The molecule has 0 radical (unpaired) electrons. The molecule has 1 N–H and O–H groups in total. The zero-order valence-corrected chi connectivity index (χ0v) is 14.2. The molecular weight excluding hydrogens is 330 g/mol. The summed E-state index contributed by atoms with van der Waals surface area (Å²) < 4.78 is 0. The molecule has 1 saturated heterocycles. The van der Waals surface area contributed by atoms with Crippen molar-refractivity contribution in [2.24, 2.45) is 0 Å². The van der Waals surface area contributed by atoms with Gasteiger partial charge in [-0.25, -0.2) is 0 Å². The van der Waals surface area contributed by atoms with E-state index in [1.807, 2.05) is 23.1 Å². The molecule has 4 rings (SSSR count). The molecule has 6 heteroatoms. The maximum atomic E-state index is 12.9. The van der Waals surface area contributed by atoms with E-state index in [9.17, 15) is 14.4 Å². The molecule has 132 valence electrons. The van der Waals surface area contributed by atoms with Crippen LogP contribution < -0.4 is 5.32 Å². The second-order valence-electron chi connectivity index (χ2n) is 6.58. The van der Waals surface area contributed by atoms with Crippen LogP contribution in [-0.4, -0.2) is 47.7 Å². The van der Waals surface area contributed by atoms with Crippen molar-refractivity contribution in [3.63, 3.8) is 0 Å². The van der Waals surface area contributed by atoms with Gasteiger partial charge in [-0.15, -0.1) is 0 Å². The molecule has 2 heterocycles. The summed E-state index contributed by atoms with van der Waals surface area (Å²) in [6.45, 7) is 1.30. The lowest BCUT2D eigenvalue weighted by Crippen LogP contribution is -2.55. The van der Waals surface area contributed by atoms with Crippen LogP contribution in [0.25, 0.3) is 0 Å². The van der Waals surface area contributed by atoms with Crippen LogP contribution in [0.4, 0.5) is 5.69 Å². The number of carbonyl (C=O) groups is 3. The molecule has 0 spiro atoms. The molecule has 3 amide bonds. The highest BCUT2D eigenvalue weighted by molar-refractivity contribution is 5.97. The number of nitrogens with one attached hydrogen (secondary N) is 1. The molecular formula is C20H19N3O3. The second-order valence-corrected chi connectivity index (χ2v) is 6.58. The lowest BCUT2D eigenvalue weighted by atomic mass is 9.90. The summed E-state index contributed by atoms with van der Waals surface area (Å²) in [6.07, 6.45) is 1.45. The van der Waals surface area contributed by atoms with E-state index in [-0.39, 0.29) is 24.4 Å². The molecule has 2 aromatic rings. The van der Waals surface area contributed by atoms with Crippen LogP contribution in [-0.2, 0) is 16.0 Å². The highest BCUT2D eigenvalue weighted by Crippen LogP contribution is 2.33. The van der Waals surface area contributed by atoms with Gasteiger partial charge < -0.3 is 15.1 Å². The molecule has 26 heavy (non-hydrogen) atoms. The van der Waals surface area contributed by atoms with E-state index < -0.39 is 0 Å². The first-order valence-electron chi connectivity index (χ1n) is 8.64. The summed E-state index contributed by atoms with van der Waals surface area (Å²) in [5.41, 5.74) is 3.51. The van der Waals surface area contributed by atoms with Crippen molar-refractivity contribution in [1.82, 2.24) is 9.80 Å². The average Bonchev–Trinajstić information content (AvgIpc) is 2.68. The Balaban J connectivity index is 1.58. The van der Waals surface area contributed by atoms with E-state index in [0.717, 1.165) is 12.0 Å². The average molecular weight is 349 g/mol. The highest BCUT2D eigenvalue weighted by atomic mass is 16.2. The van der Waals surface area contributed by atoms with Crippen LogP contribution >= 0.6 is 0 Å². The lowest BCUT2D eigenvalue weighted by Gasteiger charge is -2.44. The fourth-order valence-corrected chi connectivity index (χ4v) is 3.79. The van der Waals surface area contributed by atoms with Crippen LogP contribution in [0, 0.1) is 0 Å². The van der Waals surface area contributed by atoms with Crippen molar-refractivity contribution in [1.29, 1.82) is 0 Å². The second kappa shape index (κ2) is 6.63. The molecule has 2 aromatic carbocycles. The minimum absolute atomic E-state index is 0.0108. The molecule has 6 nitrogen and oxygen atoms in total. The first-order chi connectivity index (χ1) is 12.7. The smallest absolute Gasteiger partial charge is 0.254 e.